The van der Waals surface area contributed by atoms with Gasteiger partial charge in [0.05, 0.1) is 0 Å². The van der Waals surface area contributed by atoms with Crippen LogP contribution in [0.2, 0.25) is 0 Å². The normalized spacial score (nSPS) is 13.8. The maximum atomic E-state index is 12.3. The molecule has 1 unspecified atom stereocenters. The number of carboxylic acids is 1. The summed E-state index contributed by atoms with van der Waals surface area (Å²) in [6.07, 6.45) is 0.717. The van der Waals surface area contributed by atoms with E-state index in [-0.39, 0.29) is 15.1 Å². The van der Waals surface area contributed by atoms with Crippen molar-refractivity contribution in [2.24, 2.45) is 5.92 Å². The van der Waals surface area contributed by atoms with Crippen LogP contribution in [0.1, 0.15) is 29.9 Å². The molecule has 21 heavy (non-hydrogen) atoms. The molecule has 0 bridgehead atoms. The van der Waals surface area contributed by atoms with Crippen molar-refractivity contribution >= 4 is 27.3 Å². The Balaban J connectivity index is 2.90. The van der Waals surface area contributed by atoms with Crippen molar-refractivity contribution in [3.63, 3.8) is 0 Å². The molecule has 1 atom stereocenters. The molecule has 0 aliphatic heterocycles. The first-order chi connectivity index (χ1) is 9.61. The highest BCUT2D eigenvalue weighted by Crippen LogP contribution is 2.22. The summed E-state index contributed by atoms with van der Waals surface area (Å²) in [4.78, 5) is 12.8. The summed E-state index contributed by atoms with van der Waals surface area (Å²) in [6, 6.07) is 2.43. The molecule has 0 aliphatic rings. The third kappa shape index (κ3) is 5.74. The zero-order valence-electron chi connectivity index (χ0n) is 12.7. The van der Waals surface area contributed by atoms with E-state index in [1.165, 1.54) is 12.1 Å². The van der Waals surface area contributed by atoms with E-state index < -0.39 is 16.0 Å². The van der Waals surface area contributed by atoms with E-state index in [1.807, 2.05) is 32.8 Å². The topological polar surface area (TPSA) is 86.7 Å². The number of aromatic carboxylic acids is 1. The third-order valence-electron chi connectivity index (χ3n) is 2.72. The van der Waals surface area contributed by atoms with Crippen LogP contribution in [0.3, 0.4) is 0 Å². The van der Waals surface area contributed by atoms with Gasteiger partial charge in [0, 0.05) is 12.6 Å². The van der Waals surface area contributed by atoms with Crippen LogP contribution in [0, 0.1) is 5.92 Å². The molecule has 0 aromatic carbocycles. The van der Waals surface area contributed by atoms with Crippen LogP contribution >= 0.6 is 11.3 Å². The predicted molar refractivity (Wildman–Crippen MR) is 83.4 cm³/mol. The van der Waals surface area contributed by atoms with Gasteiger partial charge in [-0.3, -0.25) is 0 Å². The monoisotopic (exact) mass is 334 g/mol. The fourth-order valence-corrected chi connectivity index (χ4v) is 4.43. The zero-order valence-corrected chi connectivity index (χ0v) is 14.3. The largest absolute Gasteiger partial charge is 0.477 e. The molecule has 1 heterocycles. The Kier molecular flexibility index (Phi) is 6.33. The lowest BCUT2D eigenvalue weighted by atomic mass is 10.0. The molecule has 0 aliphatic carbocycles. The highest BCUT2D eigenvalue weighted by atomic mass is 32.2. The van der Waals surface area contributed by atoms with Crippen LogP contribution in [0.15, 0.2) is 16.3 Å². The molecular formula is C13H22N2O4S2. The first-order valence-corrected chi connectivity index (χ1v) is 8.92. The molecule has 1 rings (SSSR count). The summed E-state index contributed by atoms with van der Waals surface area (Å²) in [7, 11) is 0.0835. The second-order valence-electron chi connectivity index (χ2n) is 5.63. The lowest BCUT2D eigenvalue weighted by Gasteiger charge is -2.23. The summed E-state index contributed by atoms with van der Waals surface area (Å²) in [5.41, 5.74) is 0. The summed E-state index contributed by atoms with van der Waals surface area (Å²) >= 11 is 0.764. The Morgan fingerprint density at radius 2 is 2.00 bits per heavy atom. The lowest BCUT2D eigenvalue weighted by Crippen LogP contribution is -2.42. The van der Waals surface area contributed by atoms with E-state index in [0.29, 0.717) is 18.9 Å². The molecule has 0 amide bonds. The van der Waals surface area contributed by atoms with Gasteiger partial charge in [0.1, 0.15) is 9.09 Å². The van der Waals surface area contributed by atoms with E-state index in [0.717, 1.165) is 11.3 Å². The van der Waals surface area contributed by atoms with Gasteiger partial charge >= 0.3 is 5.97 Å². The van der Waals surface area contributed by atoms with Crippen LogP contribution in [0.5, 0.6) is 0 Å². The third-order valence-corrected chi connectivity index (χ3v) is 5.81. The van der Waals surface area contributed by atoms with Gasteiger partial charge in [-0.1, -0.05) is 13.8 Å². The maximum absolute atomic E-state index is 12.3. The first kappa shape index (κ1) is 18.1. The van der Waals surface area contributed by atoms with Crippen LogP contribution in [0.4, 0.5) is 0 Å². The van der Waals surface area contributed by atoms with E-state index >= 15 is 0 Å². The number of sulfonamides is 1. The fourth-order valence-electron chi connectivity index (χ4n) is 2.03. The van der Waals surface area contributed by atoms with Crippen LogP contribution in [-0.4, -0.2) is 51.1 Å². The van der Waals surface area contributed by atoms with Crippen molar-refractivity contribution in [1.29, 1.82) is 0 Å². The highest BCUT2D eigenvalue weighted by molar-refractivity contribution is 7.91. The predicted octanol–water partition coefficient (Wildman–Crippen LogP) is 1.70. The second kappa shape index (κ2) is 7.35. The molecule has 0 saturated carbocycles. The molecular weight excluding hydrogens is 312 g/mol. The van der Waals surface area contributed by atoms with Crippen molar-refractivity contribution in [2.75, 3.05) is 20.6 Å². The molecule has 8 heteroatoms. The van der Waals surface area contributed by atoms with Crippen molar-refractivity contribution < 1.29 is 18.3 Å². The van der Waals surface area contributed by atoms with Gasteiger partial charge in [0.2, 0.25) is 10.0 Å². The Morgan fingerprint density at radius 1 is 1.38 bits per heavy atom. The van der Waals surface area contributed by atoms with Crippen molar-refractivity contribution in [3.8, 4) is 0 Å². The molecule has 0 fully saturated rings. The van der Waals surface area contributed by atoms with E-state index in [9.17, 15) is 13.2 Å². The molecule has 6 nitrogen and oxygen atoms in total. The van der Waals surface area contributed by atoms with E-state index in [2.05, 4.69) is 4.72 Å². The molecule has 120 valence electrons. The molecule has 1 aromatic heterocycles. The SMILES string of the molecule is CC(C)CC(CN(C)C)NS(=O)(=O)c1ccc(C(=O)O)s1. The van der Waals surface area contributed by atoms with E-state index in [4.69, 9.17) is 5.11 Å². The standard InChI is InChI=1S/C13H22N2O4S2/c1-9(2)7-10(8-15(3)4)14-21(18,19)12-6-5-11(20-12)13(16)17/h5-6,9-10,14H,7-8H2,1-4H3,(H,16,17). The number of hydrogen-bond donors (Lipinski definition) is 2. The van der Waals surface area contributed by atoms with Gasteiger partial charge in [-0.25, -0.2) is 17.9 Å². The molecule has 0 spiro atoms. The molecule has 2 N–H and O–H groups in total. The highest BCUT2D eigenvalue weighted by Gasteiger charge is 2.24. The van der Waals surface area contributed by atoms with Crippen molar-refractivity contribution in [1.82, 2.24) is 9.62 Å². The first-order valence-electron chi connectivity index (χ1n) is 6.62. The number of rotatable bonds is 8. The van der Waals surface area contributed by atoms with Crippen LogP contribution < -0.4 is 4.72 Å². The van der Waals surface area contributed by atoms with Gasteiger partial charge < -0.3 is 10.0 Å². The Morgan fingerprint density at radius 3 is 2.43 bits per heavy atom. The molecule has 1 aromatic rings. The van der Waals surface area contributed by atoms with Gasteiger partial charge in [0.25, 0.3) is 0 Å². The molecule has 0 saturated heterocycles. The number of carboxylic acid groups (broad SMARTS) is 1. The maximum Gasteiger partial charge on any atom is 0.345 e. The minimum absolute atomic E-state index is 0.0170. The van der Waals surface area contributed by atoms with Gasteiger partial charge in [0.15, 0.2) is 0 Å². The summed E-state index contributed by atoms with van der Waals surface area (Å²) < 4.78 is 27.4. The summed E-state index contributed by atoms with van der Waals surface area (Å²) in [5, 5.41) is 8.87. The average Bonchev–Trinajstić information content (AvgIpc) is 2.75. The Hall–Kier alpha value is -0.960. The fraction of sp³-hybridized carbons (Fsp3) is 0.615. The second-order valence-corrected chi connectivity index (χ2v) is 8.66. The smallest absolute Gasteiger partial charge is 0.345 e. The average molecular weight is 334 g/mol. The van der Waals surface area contributed by atoms with Gasteiger partial charge in [-0.05, 0) is 38.6 Å². The number of nitrogens with one attached hydrogen (secondary N) is 1. The number of nitrogens with zero attached hydrogens (tertiary/aromatic N) is 1. The number of carbonyl (C=O) groups is 1. The lowest BCUT2D eigenvalue weighted by molar-refractivity contribution is 0.0702. The van der Waals surface area contributed by atoms with Crippen molar-refractivity contribution in [3.05, 3.63) is 17.0 Å². The summed E-state index contributed by atoms with van der Waals surface area (Å²) in [6.45, 7) is 4.66. The van der Waals surface area contributed by atoms with Gasteiger partial charge in [-0.15, -0.1) is 11.3 Å². The summed E-state index contributed by atoms with van der Waals surface area (Å²) in [5.74, 6) is -0.760. The number of likely N-dealkylation sites (N-methyl/N-ethyl adjacent to an activating group) is 1. The number of thiophene rings is 1. The zero-order chi connectivity index (χ0) is 16.2. The minimum Gasteiger partial charge on any atom is -0.477 e. The quantitative estimate of drug-likeness (QED) is 0.755. The van der Waals surface area contributed by atoms with E-state index in [1.54, 1.807) is 0 Å². The number of hydrogen-bond acceptors (Lipinski definition) is 5. The Bertz CT molecular complexity index is 569. The molecule has 0 radical (unpaired) electrons. The van der Waals surface area contributed by atoms with Crippen LogP contribution in [0.25, 0.3) is 0 Å². The van der Waals surface area contributed by atoms with Crippen molar-refractivity contribution in [2.45, 2.75) is 30.5 Å². The Labute approximate surface area is 129 Å². The van der Waals surface area contributed by atoms with Gasteiger partial charge in [-0.2, -0.15) is 0 Å². The van der Waals surface area contributed by atoms with Crippen LogP contribution in [-0.2, 0) is 10.0 Å². The minimum atomic E-state index is -3.68.